The average molecular weight is 321 g/mol. The van der Waals surface area contributed by atoms with Crippen LogP contribution in [0.3, 0.4) is 0 Å². The van der Waals surface area contributed by atoms with Crippen LogP contribution in [0.2, 0.25) is 10.0 Å². The zero-order valence-electron chi connectivity index (χ0n) is 10.8. The van der Waals surface area contributed by atoms with E-state index in [2.05, 4.69) is 0 Å². The maximum Gasteiger partial charge on any atom is 0.263 e. The van der Waals surface area contributed by atoms with Crippen molar-refractivity contribution in [2.24, 2.45) is 0 Å². The first-order chi connectivity index (χ1) is 9.99. The molecule has 2 aromatic carbocycles. The lowest BCUT2D eigenvalue weighted by molar-refractivity contribution is 0.0642. The first-order valence-electron chi connectivity index (χ1n) is 6.17. The molecule has 106 valence electrons. The average Bonchev–Trinajstić information content (AvgIpc) is 2.69. The Morgan fingerprint density at radius 2 is 1.76 bits per heavy atom. The number of nitrogens with zero attached hydrogens (tertiary/aromatic N) is 1. The van der Waals surface area contributed by atoms with E-state index in [1.165, 1.54) is 0 Å². The van der Waals surface area contributed by atoms with Crippen molar-refractivity contribution in [2.75, 3.05) is 5.73 Å². The number of hydrogen-bond donors (Lipinski definition) is 1. The summed E-state index contributed by atoms with van der Waals surface area (Å²) in [6.45, 7) is 0.128. The monoisotopic (exact) mass is 320 g/mol. The third-order valence-electron chi connectivity index (χ3n) is 3.36. The Balaban J connectivity index is 1.95. The number of fused-ring (bicyclic) bond motifs is 1. The molecule has 1 aliphatic rings. The van der Waals surface area contributed by atoms with Gasteiger partial charge in [-0.15, -0.1) is 0 Å². The fourth-order valence-electron chi connectivity index (χ4n) is 2.32. The number of amides is 2. The molecule has 0 aromatic heterocycles. The Kier molecular flexibility index (Phi) is 3.35. The molecular weight excluding hydrogens is 311 g/mol. The summed E-state index contributed by atoms with van der Waals surface area (Å²) in [5.74, 6) is -0.743. The van der Waals surface area contributed by atoms with Crippen LogP contribution < -0.4 is 5.73 Å². The molecule has 1 aliphatic heterocycles. The van der Waals surface area contributed by atoms with Gasteiger partial charge >= 0.3 is 0 Å². The van der Waals surface area contributed by atoms with Gasteiger partial charge in [-0.1, -0.05) is 35.3 Å². The Bertz CT molecular complexity index is 774. The summed E-state index contributed by atoms with van der Waals surface area (Å²) in [5, 5.41) is 0.803. The Hall–Kier alpha value is -2.04. The second-order valence-corrected chi connectivity index (χ2v) is 5.53. The minimum Gasteiger partial charge on any atom is -0.398 e. The van der Waals surface area contributed by atoms with E-state index in [0.29, 0.717) is 21.3 Å². The van der Waals surface area contributed by atoms with Crippen molar-refractivity contribution in [2.45, 2.75) is 6.54 Å². The molecule has 0 atom stereocenters. The van der Waals surface area contributed by atoms with Gasteiger partial charge in [-0.05, 0) is 29.8 Å². The molecule has 0 aliphatic carbocycles. The molecule has 4 nitrogen and oxygen atoms in total. The van der Waals surface area contributed by atoms with E-state index in [4.69, 9.17) is 28.9 Å². The van der Waals surface area contributed by atoms with Crippen molar-refractivity contribution >= 4 is 40.7 Å². The lowest BCUT2D eigenvalue weighted by Gasteiger charge is -2.14. The maximum absolute atomic E-state index is 12.4. The number of carbonyl (C=O) groups is 2. The van der Waals surface area contributed by atoms with Crippen molar-refractivity contribution in [1.29, 1.82) is 0 Å². The van der Waals surface area contributed by atoms with Gasteiger partial charge in [0.25, 0.3) is 11.8 Å². The van der Waals surface area contributed by atoms with Gasteiger partial charge in [0.05, 0.1) is 27.7 Å². The van der Waals surface area contributed by atoms with Crippen LogP contribution in [0, 0.1) is 0 Å². The summed E-state index contributed by atoms with van der Waals surface area (Å²) in [6.07, 6.45) is 0. The summed E-state index contributed by atoms with van der Waals surface area (Å²) in [7, 11) is 0. The van der Waals surface area contributed by atoms with Crippen molar-refractivity contribution in [3.05, 3.63) is 63.1 Å². The third-order valence-corrected chi connectivity index (χ3v) is 4.09. The predicted molar refractivity (Wildman–Crippen MR) is 81.5 cm³/mol. The lowest BCUT2D eigenvalue weighted by atomic mass is 10.1. The molecule has 0 saturated heterocycles. The zero-order valence-corrected chi connectivity index (χ0v) is 12.3. The van der Waals surface area contributed by atoms with E-state index in [-0.39, 0.29) is 23.9 Å². The predicted octanol–water partition coefficient (Wildman–Crippen LogP) is 3.37. The first kappa shape index (κ1) is 13.9. The van der Waals surface area contributed by atoms with E-state index < -0.39 is 0 Å². The Morgan fingerprint density at radius 3 is 2.43 bits per heavy atom. The highest BCUT2D eigenvalue weighted by Gasteiger charge is 2.36. The van der Waals surface area contributed by atoms with E-state index in [9.17, 15) is 9.59 Å². The standard InChI is InChI=1S/C15H10Cl2N2O2/c16-10-5-4-8(6-11(10)17)7-19-14(20)9-2-1-3-12(18)13(9)15(19)21/h1-6H,7,18H2. The molecular formula is C15H10Cl2N2O2. The quantitative estimate of drug-likeness (QED) is 0.681. The van der Waals surface area contributed by atoms with Crippen LogP contribution >= 0.6 is 23.2 Å². The highest BCUT2D eigenvalue weighted by atomic mass is 35.5. The van der Waals surface area contributed by atoms with E-state index in [0.717, 1.165) is 10.5 Å². The molecule has 2 aromatic rings. The molecule has 0 spiro atoms. The first-order valence-corrected chi connectivity index (χ1v) is 6.93. The third kappa shape index (κ3) is 2.26. The summed E-state index contributed by atoms with van der Waals surface area (Å²) < 4.78 is 0. The number of rotatable bonds is 2. The Labute approximate surface area is 131 Å². The van der Waals surface area contributed by atoms with Crippen molar-refractivity contribution < 1.29 is 9.59 Å². The molecule has 0 unspecified atom stereocenters. The number of imide groups is 1. The zero-order chi connectivity index (χ0) is 15.1. The molecule has 3 rings (SSSR count). The maximum atomic E-state index is 12.4. The number of nitrogen functional groups attached to an aromatic ring is 1. The van der Waals surface area contributed by atoms with Gasteiger partial charge in [0.15, 0.2) is 0 Å². The van der Waals surface area contributed by atoms with Gasteiger partial charge in [0.1, 0.15) is 0 Å². The normalized spacial score (nSPS) is 13.7. The van der Waals surface area contributed by atoms with Crippen LogP contribution in [0.5, 0.6) is 0 Å². The minimum absolute atomic E-state index is 0.128. The highest BCUT2D eigenvalue weighted by molar-refractivity contribution is 6.42. The number of carbonyl (C=O) groups excluding carboxylic acids is 2. The van der Waals surface area contributed by atoms with Crippen molar-refractivity contribution in [3.8, 4) is 0 Å². The smallest absolute Gasteiger partial charge is 0.263 e. The summed E-state index contributed by atoms with van der Waals surface area (Å²) in [4.78, 5) is 25.8. The molecule has 0 bridgehead atoms. The van der Waals surface area contributed by atoms with Crippen molar-refractivity contribution in [1.82, 2.24) is 4.90 Å². The number of nitrogens with two attached hydrogens (primary N) is 1. The fourth-order valence-corrected chi connectivity index (χ4v) is 2.64. The van der Waals surface area contributed by atoms with Crippen LogP contribution in [-0.2, 0) is 6.54 Å². The van der Waals surface area contributed by atoms with E-state index in [1.807, 2.05) is 0 Å². The second-order valence-electron chi connectivity index (χ2n) is 4.71. The van der Waals surface area contributed by atoms with Gasteiger partial charge in [0.2, 0.25) is 0 Å². The molecule has 0 saturated carbocycles. The van der Waals surface area contributed by atoms with Crippen LogP contribution in [0.1, 0.15) is 26.3 Å². The van der Waals surface area contributed by atoms with Gasteiger partial charge in [-0.2, -0.15) is 0 Å². The second kappa shape index (κ2) is 5.06. The summed E-state index contributed by atoms with van der Waals surface area (Å²) >= 11 is 11.8. The number of hydrogen-bond acceptors (Lipinski definition) is 3. The molecule has 2 N–H and O–H groups in total. The minimum atomic E-state index is -0.390. The van der Waals surface area contributed by atoms with Crippen LogP contribution in [0.25, 0.3) is 0 Å². The molecule has 1 heterocycles. The lowest BCUT2D eigenvalue weighted by Crippen LogP contribution is -2.29. The number of anilines is 1. The summed E-state index contributed by atoms with van der Waals surface area (Å²) in [6, 6.07) is 9.85. The number of halogens is 2. The molecule has 0 radical (unpaired) electrons. The summed E-state index contributed by atoms with van der Waals surface area (Å²) in [5.41, 5.74) is 7.41. The topological polar surface area (TPSA) is 63.4 Å². The number of benzene rings is 2. The molecule has 21 heavy (non-hydrogen) atoms. The molecule has 2 amide bonds. The SMILES string of the molecule is Nc1cccc2c1C(=O)N(Cc1ccc(Cl)c(Cl)c1)C2=O. The van der Waals surface area contributed by atoms with Crippen molar-refractivity contribution in [3.63, 3.8) is 0 Å². The fraction of sp³-hybridized carbons (Fsp3) is 0.0667. The van der Waals surface area contributed by atoms with E-state index >= 15 is 0 Å². The van der Waals surface area contributed by atoms with E-state index in [1.54, 1.807) is 36.4 Å². The van der Waals surface area contributed by atoms with Crippen LogP contribution in [0.4, 0.5) is 5.69 Å². The van der Waals surface area contributed by atoms with Gasteiger partial charge < -0.3 is 5.73 Å². The highest BCUT2D eigenvalue weighted by Crippen LogP contribution is 2.30. The van der Waals surface area contributed by atoms with Gasteiger partial charge in [0, 0.05) is 5.69 Å². The van der Waals surface area contributed by atoms with Gasteiger partial charge in [-0.25, -0.2) is 0 Å². The molecule has 0 fully saturated rings. The Morgan fingerprint density at radius 1 is 1.00 bits per heavy atom. The van der Waals surface area contributed by atoms with Gasteiger partial charge in [-0.3, -0.25) is 14.5 Å². The van der Waals surface area contributed by atoms with Crippen LogP contribution in [0.15, 0.2) is 36.4 Å². The van der Waals surface area contributed by atoms with Crippen LogP contribution in [-0.4, -0.2) is 16.7 Å². The largest absolute Gasteiger partial charge is 0.398 e. The molecule has 6 heteroatoms.